The van der Waals surface area contributed by atoms with Gasteiger partial charge in [-0.05, 0) is 56.2 Å². The van der Waals surface area contributed by atoms with Crippen LogP contribution in [0.15, 0.2) is 17.9 Å². The summed E-state index contributed by atoms with van der Waals surface area (Å²) in [5.41, 5.74) is 5.42. The second-order valence-corrected chi connectivity index (χ2v) is 7.33. The quantitative estimate of drug-likeness (QED) is 0.665. The Labute approximate surface area is 152 Å². The van der Waals surface area contributed by atoms with Crippen LogP contribution < -0.4 is 0 Å². The van der Waals surface area contributed by atoms with E-state index in [1.54, 1.807) is 14.2 Å². The summed E-state index contributed by atoms with van der Waals surface area (Å²) < 4.78 is 10.9. The van der Waals surface area contributed by atoms with Crippen molar-refractivity contribution in [1.29, 1.82) is 0 Å². The van der Waals surface area contributed by atoms with Gasteiger partial charge in [0.15, 0.2) is 5.78 Å². The Hall–Kier alpha value is -1.61. The van der Waals surface area contributed by atoms with Crippen LogP contribution in [0.5, 0.6) is 0 Å². The van der Waals surface area contributed by atoms with Crippen LogP contribution in [0.3, 0.4) is 0 Å². The fourth-order valence-electron chi connectivity index (χ4n) is 4.15. The summed E-state index contributed by atoms with van der Waals surface area (Å²) in [6, 6.07) is 4.30. The van der Waals surface area contributed by atoms with E-state index < -0.39 is 0 Å². The van der Waals surface area contributed by atoms with Crippen molar-refractivity contribution in [1.82, 2.24) is 0 Å². The van der Waals surface area contributed by atoms with E-state index in [2.05, 4.69) is 39.8 Å². The molecule has 2 unspecified atom stereocenters. The van der Waals surface area contributed by atoms with Crippen LogP contribution in [0.4, 0.5) is 0 Å². The van der Waals surface area contributed by atoms with Crippen molar-refractivity contribution in [2.24, 2.45) is 11.8 Å². The number of Topliss-reactive ketones (excluding diaryl/α,β-unsaturated/α-hetero) is 1. The molecule has 0 aromatic heterocycles. The molecular formula is C22H32O3. The smallest absolute Gasteiger partial charge is 0.170 e. The first kappa shape index (κ1) is 19.7. The lowest BCUT2D eigenvalue weighted by Crippen LogP contribution is -2.16. The minimum Gasteiger partial charge on any atom is -0.500 e. The van der Waals surface area contributed by atoms with Crippen LogP contribution in [0.25, 0.3) is 5.57 Å². The Bertz CT molecular complexity index is 634. The molecule has 2 rings (SSSR count). The molecule has 138 valence electrons. The van der Waals surface area contributed by atoms with E-state index in [1.807, 2.05) is 0 Å². The van der Waals surface area contributed by atoms with Gasteiger partial charge in [-0.1, -0.05) is 31.0 Å². The number of ketones is 1. The van der Waals surface area contributed by atoms with Gasteiger partial charge in [0.25, 0.3) is 0 Å². The van der Waals surface area contributed by atoms with E-state index in [0.717, 1.165) is 60.3 Å². The number of carbonyl (C=O) groups is 1. The summed E-state index contributed by atoms with van der Waals surface area (Å²) >= 11 is 0. The summed E-state index contributed by atoms with van der Waals surface area (Å²) in [5.74, 6) is 1.66. The maximum absolute atomic E-state index is 13.2. The lowest BCUT2D eigenvalue weighted by Gasteiger charge is -2.18. The van der Waals surface area contributed by atoms with Crippen LogP contribution in [-0.4, -0.2) is 26.6 Å². The number of allylic oxidation sites excluding steroid dienone is 2. The highest BCUT2D eigenvalue weighted by molar-refractivity contribution is 6.25. The number of benzene rings is 1. The zero-order valence-corrected chi connectivity index (χ0v) is 16.6. The van der Waals surface area contributed by atoms with Crippen LogP contribution >= 0.6 is 0 Å². The molecule has 0 heterocycles. The molecule has 1 aromatic carbocycles. The van der Waals surface area contributed by atoms with Gasteiger partial charge in [-0.25, -0.2) is 0 Å². The van der Waals surface area contributed by atoms with Crippen LogP contribution in [0.2, 0.25) is 0 Å². The largest absolute Gasteiger partial charge is 0.500 e. The highest BCUT2D eigenvalue weighted by atomic mass is 16.5. The SMILES string of the molecule is CCC(CCOC)CC1CC(OC)=C(c2c(C)cc(C)cc2C)C1=O. The Balaban J connectivity index is 2.29. The number of aryl methyl sites for hydroxylation is 3. The second kappa shape index (κ2) is 8.66. The molecule has 1 aliphatic rings. The third-order valence-corrected chi connectivity index (χ3v) is 5.43. The third kappa shape index (κ3) is 4.33. The lowest BCUT2D eigenvalue weighted by atomic mass is 9.85. The summed E-state index contributed by atoms with van der Waals surface area (Å²) in [4.78, 5) is 13.2. The third-order valence-electron chi connectivity index (χ3n) is 5.43. The van der Waals surface area contributed by atoms with E-state index in [9.17, 15) is 4.79 Å². The molecule has 0 fully saturated rings. The van der Waals surface area contributed by atoms with Crippen molar-refractivity contribution >= 4 is 11.4 Å². The van der Waals surface area contributed by atoms with E-state index >= 15 is 0 Å². The number of rotatable bonds is 8. The topological polar surface area (TPSA) is 35.5 Å². The number of ether oxygens (including phenoxy) is 2. The second-order valence-electron chi connectivity index (χ2n) is 7.33. The summed E-state index contributed by atoms with van der Waals surface area (Å²) in [6.07, 6.45) is 3.73. The fraction of sp³-hybridized carbons (Fsp3) is 0.591. The number of carbonyl (C=O) groups excluding carboxylic acids is 1. The van der Waals surface area contributed by atoms with Gasteiger partial charge in [-0.3, -0.25) is 4.79 Å². The van der Waals surface area contributed by atoms with Crippen LogP contribution in [0, 0.1) is 32.6 Å². The van der Waals surface area contributed by atoms with E-state index in [0.29, 0.717) is 5.92 Å². The van der Waals surface area contributed by atoms with Gasteiger partial charge < -0.3 is 9.47 Å². The van der Waals surface area contributed by atoms with Gasteiger partial charge in [-0.15, -0.1) is 0 Å². The van der Waals surface area contributed by atoms with Gasteiger partial charge in [0.2, 0.25) is 0 Å². The van der Waals surface area contributed by atoms with Crippen molar-refractivity contribution in [3.8, 4) is 0 Å². The Morgan fingerprint density at radius 3 is 2.32 bits per heavy atom. The molecular weight excluding hydrogens is 312 g/mol. The molecule has 3 nitrogen and oxygen atoms in total. The molecule has 0 spiro atoms. The van der Waals surface area contributed by atoms with Crippen LogP contribution in [-0.2, 0) is 14.3 Å². The van der Waals surface area contributed by atoms with Crippen LogP contribution in [0.1, 0.15) is 54.9 Å². The predicted octanol–water partition coefficient (Wildman–Crippen LogP) is 5.01. The van der Waals surface area contributed by atoms with Gasteiger partial charge in [0.05, 0.1) is 12.7 Å². The maximum atomic E-state index is 13.2. The first-order chi connectivity index (χ1) is 11.9. The summed E-state index contributed by atoms with van der Waals surface area (Å²) in [7, 11) is 3.42. The molecule has 1 aromatic rings. The predicted molar refractivity (Wildman–Crippen MR) is 103 cm³/mol. The highest BCUT2D eigenvalue weighted by Crippen LogP contribution is 2.41. The molecule has 0 radical (unpaired) electrons. The van der Waals surface area contributed by atoms with Gasteiger partial charge in [0, 0.05) is 26.1 Å². The first-order valence-corrected chi connectivity index (χ1v) is 9.31. The molecule has 0 amide bonds. The number of methoxy groups -OCH3 is 2. The lowest BCUT2D eigenvalue weighted by molar-refractivity contribution is -0.117. The molecule has 0 bridgehead atoms. The highest BCUT2D eigenvalue weighted by Gasteiger charge is 2.37. The molecule has 3 heteroatoms. The van der Waals surface area contributed by atoms with Gasteiger partial charge in [-0.2, -0.15) is 0 Å². The molecule has 1 aliphatic carbocycles. The number of hydrogen-bond donors (Lipinski definition) is 0. The normalized spacial score (nSPS) is 18.8. The van der Waals surface area contributed by atoms with Crippen molar-refractivity contribution in [2.75, 3.05) is 20.8 Å². The molecule has 2 atom stereocenters. The number of hydrogen-bond acceptors (Lipinski definition) is 3. The van der Waals surface area contributed by atoms with E-state index in [-0.39, 0.29) is 11.7 Å². The Morgan fingerprint density at radius 1 is 1.16 bits per heavy atom. The van der Waals surface area contributed by atoms with Crippen molar-refractivity contribution in [3.05, 3.63) is 40.1 Å². The van der Waals surface area contributed by atoms with Crippen molar-refractivity contribution in [2.45, 2.75) is 53.4 Å². The molecule has 0 saturated carbocycles. The zero-order chi connectivity index (χ0) is 18.6. The van der Waals surface area contributed by atoms with Gasteiger partial charge in [0.1, 0.15) is 5.76 Å². The van der Waals surface area contributed by atoms with Crippen molar-refractivity contribution in [3.63, 3.8) is 0 Å². The molecule has 0 N–H and O–H groups in total. The molecule has 0 saturated heterocycles. The Morgan fingerprint density at radius 2 is 1.80 bits per heavy atom. The average molecular weight is 344 g/mol. The summed E-state index contributed by atoms with van der Waals surface area (Å²) in [5, 5.41) is 0. The molecule has 0 aliphatic heterocycles. The van der Waals surface area contributed by atoms with E-state index in [4.69, 9.17) is 9.47 Å². The monoisotopic (exact) mass is 344 g/mol. The standard InChI is InChI=1S/C22H32O3/c1-7-17(8-9-24-5)12-18-13-19(25-6)21(22(18)23)20-15(3)10-14(2)11-16(20)4/h10-11,17-18H,7-9,12-13H2,1-6H3. The fourth-order valence-corrected chi connectivity index (χ4v) is 4.15. The minimum absolute atomic E-state index is 0.0341. The first-order valence-electron chi connectivity index (χ1n) is 9.31. The maximum Gasteiger partial charge on any atom is 0.170 e. The zero-order valence-electron chi connectivity index (χ0n) is 16.6. The minimum atomic E-state index is 0.0341. The average Bonchev–Trinajstić information content (AvgIpc) is 2.87. The van der Waals surface area contributed by atoms with Gasteiger partial charge >= 0.3 is 0 Å². The molecule has 25 heavy (non-hydrogen) atoms. The summed E-state index contributed by atoms with van der Waals surface area (Å²) in [6.45, 7) is 9.22. The van der Waals surface area contributed by atoms with Crippen molar-refractivity contribution < 1.29 is 14.3 Å². The Kier molecular flexibility index (Phi) is 6.83. The van der Waals surface area contributed by atoms with E-state index in [1.165, 1.54) is 5.56 Å².